The van der Waals surface area contributed by atoms with Crippen molar-refractivity contribution < 1.29 is 0 Å². The first-order valence-corrected chi connectivity index (χ1v) is 9.26. The van der Waals surface area contributed by atoms with E-state index in [0.29, 0.717) is 0 Å². The molecule has 0 bridgehead atoms. The second-order valence-corrected chi connectivity index (χ2v) is 7.14. The Kier molecular flexibility index (Phi) is 7.37. The first-order valence-electron chi connectivity index (χ1n) is 9.26. The predicted octanol–water partition coefficient (Wildman–Crippen LogP) is 4.01. The van der Waals surface area contributed by atoms with E-state index in [1.54, 1.807) is 0 Å². The van der Waals surface area contributed by atoms with Gasteiger partial charge in [0.05, 0.1) is 0 Å². The summed E-state index contributed by atoms with van der Waals surface area (Å²) in [6.45, 7) is 12.9. The molecule has 0 amide bonds. The van der Waals surface area contributed by atoms with E-state index in [2.05, 4.69) is 23.6 Å². The van der Waals surface area contributed by atoms with Gasteiger partial charge in [-0.05, 0) is 76.7 Å². The second kappa shape index (κ2) is 9.04. The average Bonchev–Trinajstić information content (AvgIpc) is 2.50. The zero-order chi connectivity index (χ0) is 14.2. The molecule has 2 rings (SSSR count). The van der Waals surface area contributed by atoms with Gasteiger partial charge in [-0.2, -0.15) is 0 Å². The van der Waals surface area contributed by atoms with Crippen molar-refractivity contribution in [1.29, 1.82) is 0 Å². The van der Waals surface area contributed by atoms with Gasteiger partial charge in [0, 0.05) is 6.54 Å². The number of likely N-dealkylation sites (tertiary alicyclic amines) is 2. The normalized spacial score (nSPS) is 24.3. The second-order valence-electron chi connectivity index (χ2n) is 7.14. The van der Waals surface area contributed by atoms with Crippen molar-refractivity contribution in [3.8, 4) is 0 Å². The highest BCUT2D eigenvalue weighted by Gasteiger charge is 2.23. The minimum atomic E-state index is 0.982. The minimum absolute atomic E-state index is 0.982. The molecule has 0 aromatic heterocycles. The maximum atomic E-state index is 2.75. The number of hydrogen-bond donors (Lipinski definition) is 0. The van der Waals surface area contributed by atoms with E-state index in [1.165, 1.54) is 90.6 Å². The van der Waals surface area contributed by atoms with Gasteiger partial charge in [0.25, 0.3) is 0 Å². The third kappa shape index (κ3) is 5.37. The standard InChI is InChI=1S/C18H36N2/c1-3-5-6-11-19-12-9-18(10-13-19)16-20-14-7-17(4-2)8-15-20/h17-18H,3-16H2,1-2H3. The summed E-state index contributed by atoms with van der Waals surface area (Å²) in [5, 5.41) is 0. The Morgan fingerprint density at radius 3 is 1.95 bits per heavy atom. The summed E-state index contributed by atoms with van der Waals surface area (Å²) in [7, 11) is 0. The SMILES string of the molecule is CCCCCN1CCC(CN2CCC(CC)CC2)CC1. The number of hydrogen-bond acceptors (Lipinski definition) is 2. The summed E-state index contributed by atoms with van der Waals surface area (Å²) in [6, 6.07) is 0. The Balaban J connectivity index is 1.58. The lowest BCUT2D eigenvalue weighted by Gasteiger charge is -2.37. The molecule has 0 radical (unpaired) electrons. The van der Waals surface area contributed by atoms with Crippen LogP contribution in [-0.4, -0.2) is 49.1 Å². The Labute approximate surface area is 126 Å². The molecule has 2 heteroatoms. The summed E-state index contributed by atoms with van der Waals surface area (Å²) in [5.41, 5.74) is 0. The van der Waals surface area contributed by atoms with Gasteiger partial charge in [0.2, 0.25) is 0 Å². The number of piperidine rings is 2. The molecule has 2 fully saturated rings. The van der Waals surface area contributed by atoms with Crippen molar-refractivity contribution in [3.05, 3.63) is 0 Å². The van der Waals surface area contributed by atoms with Crippen molar-refractivity contribution in [3.63, 3.8) is 0 Å². The number of nitrogens with zero attached hydrogens (tertiary/aromatic N) is 2. The summed E-state index contributed by atoms with van der Waals surface area (Å²) in [6.07, 6.45) is 11.4. The van der Waals surface area contributed by atoms with Crippen LogP contribution in [0.5, 0.6) is 0 Å². The molecule has 0 atom stereocenters. The fraction of sp³-hybridized carbons (Fsp3) is 1.00. The van der Waals surface area contributed by atoms with E-state index in [1.807, 2.05) is 0 Å². The zero-order valence-corrected chi connectivity index (χ0v) is 13.9. The number of rotatable bonds is 7. The maximum Gasteiger partial charge on any atom is 0.00106 e. The van der Waals surface area contributed by atoms with Crippen LogP contribution in [0.2, 0.25) is 0 Å². The molecule has 118 valence electrons. The Morgan fingerprint density at radius 2 is 1.35 bits per heavy atom. The van der Waals surface area contributed by atoms with Crippen LogP contribution in [0.4, 0.5) is 0 Å². The van der Waals surface area contributed by atoms with Crippen molar-refractivity contribution in [2.75, 3.05) is 39.3 Å². The number of unbranched alkanes of at least 4 members (excludes halogenated alkanes) is 2. The van der Waals surface area contributed by atoms with Gasteiger partial charge >= 0.3 is 0 Å². The van der Waals surface area contributed by atoms with Gasteiger partial charge in [-0.15, -0.1) is 0 Å². The average molecular weight is 280 g/mol. The molecule has 2 aliphatic rings. The summed E-state index contributed by atoms with van der Waals surface area (Å²) < 4.78 is 0. The van der Waals surface area contributed by atoms with Crippen molar-refractivity contribution >= 4 is 0 Å². The highest BCUT2D eigenvalue weighted by Crippen LogP contribution is 2.24. The van der Waals surface area contributed by atoms with Crippen LogP contribution in [0.3, 0.4) is 0 Å². The fourth-order valence-corrected chi connectivity index (χ4v) is 3.92. The van der Waals surface area contributed by atoms with Gasteiger partial charge in [-0.1, -0.05) is 33.1 Å². The molecular formula is C18H36N2. The quantitative estimate of drug-likeness (QED) is 0.650. The molecule has 2 aliphatic heterocycles. The molecule has 0 unspecified atom stereocenters. The lowest BCUT2D eigenvalue weighted by molar-refractivity contribution is 0.116. The van der Waals surface area contributed by atoms with E-state index in [9.17, 15) is 0 Å². The van der Waals surface area contributed by atoms with Crippen LogP contribution < -0.4 is 0 Å². The van der Waals surface area contributed by atoms with Crippen LogP contribution >= 0.6 is 0 Å². The lowest BCUT2D eigenvalue weighted by Crippen LogP contribution is -2.41. The molecule has 2 nitrogen and oxygen atoms in total. The summed E-state index contributed by atoms with van der Waals surface area (Å²) >= 11 is 0. The van der Waals surface area contributed by atoms with E-state index in [4.69, 9.17) is 0 Å². The monoisotopic (exact) mass is 280 g/mol. The first-order chi connectivity index (χ1) is 9.81. The van der Waals surface area contributed by atoms with Crippen molar-refractivity contribution in [2.45, 2.75) is 65.2 Å². The molecule has 0 aromatic carbocycles. The topological polar surface area (TPSA) is 6.48 Å². The smallest absolute Gasteiger partial charge is 0.00106 e. The van der Waals surface area contributed by atoms with Crippen LogP contribution in [0.15, 0.2) is 0 Å². The van der Waals surface area contributed by atoms with Crippen LogP contribution in [-0.2, 0) is 0 Å². The molecule has 0 N–H and O–H groups in total. The highest BCUT2D eigenvalue weighted by molar-refractivity contribution is 4.78. The Morgan fingerprint density at radius 1 is 0.750 bits per heavy atom. The van der Waals surface area contributed by atoms with E-state index in [-0.39, 0.29) is 0 Å². The van der Waals surface area contributed by atoms with Crippen LogP contribution in [0, 0.1) is 11.8 Å². The first kappa shape index (κ1) is 16.3. The molecule has 0 saturated carbocycles. The molecule has 0 aliphatic carbocycles. The predicted molar refractivity (Wildman–Crippen MR) is 88.1 cm³/mol. The van der Waals surface area contributed by atoms with Crippen molar-refractivity contribution in [1.82, 2.24) is 9.80 Å². The van der Waals surface area contributed by atoms with E-state index < -0.39 is 0 Å². The van der Waals surface area contributed by atoms with Crippen molar-refractivity contribution in [2.24, 2.45) is 11.8 Å². The third-order valence-electron chi connectivity index (χ3n) is 5.59. The summed E-state index contributed by atoms with van der Waals surface area (Å²) in [5.74, 6) is 2.00. The maximum absolute atomic E-state index is 2.75. The largest absolute Gasteiger partial charge is 0.303 e. The molecule has 0 spiro atoms. The summed E-state index contributed by atoms with van der Waals surface area (Å²) in [4.78, 5) is 5.46. The van der Waals surface area contributed by atoms with Gasteiger partial charge < -0.3 is 9.80 Å². The van der Waals surface area contributed by atoms with Crippen LogP contribution in [0.25, 0.3) is 0 Å². The van der Waals surface area contributed by atoms with Gasteiger partial charge in [0.15, 0.2) is 0 Å². The fourth-order valence-electron chi connectivity index (χ4n) is 3.92. The molecular weight excluding hydrogens is 244 g/mol. The van der Waals surface area contributed by atoms with Gasteiger partial charge in [0.1, 0.15) is 0 Å². The molecule has 0 aromatic rings. The highest BCUT2D eigenvalue weighted by atomic mass is 15.1. The molecule has 2 saturated heterocycles. The zero-order valence-electron chi connectivity index (χ0n) is 13.9. The van der Waals surface area contributed by atoms with Gasteiger partial charge in [-0.3, -0.25) is 0 Å². The third-order valence-corrected chi connectivity index (χ3v) is 5.59. The Bertz CT molecular complexity index is 238. The minimum Gasteiger partial charge on any atom is -0.303 e. The van der Waals surface area contributed by atoms with E-state index >= 15 is 0 Å². The molecule has 2 heterocycles. The Hall–Kier alpha value is -0.0800. The van der Waals surface area contributed by atoms with Gasteiger partial charge in [-0.25, -0.2) is 0 Å². The van der Waals surface area contributed by atoms with E-state index in [0.717, 1.165) is 11.8 Å². The van der Waals surface area contributed by atoms with Crippen LogP contribution in [0.1, 0.15) is 65.2 Å². The molecule has 20 heavy (non-hydrogen) atoms. The lowest BCUT2D eigenvalue weighted by atomic mass is 9.91.